The lowest BCUT2D eigenvalue weighted by Gasteiger charge is -2.24. The van der Waals surface area contributed by atoms with Crippen molar-refractivity contribution in [2.45, 2.75) is 25.8 Å². The van der Waals surface area contributed by atoms with E-state index in [2.05, 4.69) is 21.4 Å². The van der Waals surface area contributed by atoms with Crippen LogP contribution in [0.25, 0.3) is 11.1 Å². The zero-order valence-corrected chi connectivity index (χ0v) is 13.0. The van der Waals surface area contributed by atoms with Crippen molar-refractivity contribution in [2.75, 3.05) is 24.3 Å². The number of rotatable bonds is 3. The third-order valence-corrected chi connectivity index (χ3v) is 3.97. The maximum atomic E-state index is 9.47. The molecule has 0 aliphatic carbocycles. The molecule has 3 rings (SSSR count). The molecule has 6 nitrogen and oxygen atoms in total. The molecule has 0 bridgehead atoms. The van der Waals surface area contributed by atoms with Crippen LogP contribution in [0.4, 0.5) is 11.5 Å². The molecule has 0 unspecified atom stereocenters. The van der Waals surface area contributed by atoms with Crippen LogP contribution in [0.3, 0.4) is 0 Å². The summed E-state index contributed by atoms with van der Waals surface area (Å²) in [5.74, 6) is 0.637. The van der Waals surface area contributed by atoms with E-state index in [1.54, 1.807) is 12.4 Å². The topological polar surface area (TPSA) is 96.9 Å². The number of aryl methyl sites for hydroxylation is 1. The number of nitrogens with zero attached hydrogens (tertiary/aromatic N) is 3. The first-order chi connectivity index (χ1) is 11.2. The predicted molar refractivity (Wildman–Crippen MR) is 88.8 cm³/mol. The molecule has 1 fully saturated rings. The highest BCUT2D eigenvalue weighted by Gasteiger charge is 2.17. The summed E-state index contributed by atoms with van der Waals surface area (Å²) < 4.78 is 5.36. The van der Waals surface area contributed by atoms with Crippen LogP contribution in [0.5, 0.6) is 0 Å². The molecule has 0 atom stereocenters. The first-order valence-electron chi connectivity index (χ1n) is 7.64. The van der Waals surface area contributed by atoms with Gasteiger partial charge in [0.2, 0.25) is 0 Å². The first-order valence-corrected chi connectivity index (χ1v) is 7.64. The normalized spacial score (nSPS) is 15.1. The smallest absolute Gasteiger partial charge is 0.144 e. The summed E-state index contributed by atoms with van der Waals surface area (Å²) in [7, 11) is 0. The van der Waals surface area contributed by atoms with Crippen molar-refractivity contribution in [3.63, 3.8) is 0 Å². The van der Waals surface area contributed by atoms with Crippen LogP contribution in [-0.4, -0.2) is 29.2 Å². The third-order valence-electron chi connectivity index (χ3n) is 3.97. The Kier molecular flexibility index (Phi) is 4.40. The van der Waals surface area contributed by atoms with E-state index in [1.165, 1.54) is 0 Å². The summed E-state index contributed by atoms with van der Waals surface area (Å²) in [6.45, 7) is 3.41. The van der Waals surface area contributed by atoms with Crippen LogP contribution in [0.15, 0.2) is 24.5 Å². The third kappa shape index (κ3) is 3.41. The van der Waals surface area contributed by atoms with E-state index in [-0.39, 0.29) is 0 Å². The number of nitrogens with one attached hydrogen (secondary N) is 1. The van der Waals surface area contributed by atoms with Crippen molar-refractivity contribution in [3.05, 3.63) is 35.8 Å². The van der Waals surface area contributed by atoms with Crippen LogP contribution < -0.4 is 11.1 Å². The molecule has 23 heavy (non-hydrogen) atoms. The number of nitrogen functional groups attached to an aromatic ring is 1. The van der Waals surface area contributed by atoms with E-state index in [1.807, 2.05) is 19.1 Å². The Balaban J connectivity index is 1.94. The van der Waals surface area contributed by atoms with Crippen LogP contribution in [-0.2, 0) is 4.74 Å². The Bertz CT molecular complexity index is 747. The fourth-order valence-electron chi connectivity index (χ4n) is 2.73. The minimum absolute atomic E-state index is 0.294. The van der Waals surface area contributed by atoms with Crippen LogP contribution in [0, 0.1) is 18.3 Å². The summed E-state index contributed by atoms with van der Waals surface area (Å²) in [4.78, 5) is 8.71. The van der Waals surface area contributed by atoms with Gasteiger partial charge in [-0.05, 0) is 31.9 Å². The van der Waals surface area contributed by atoms with Crippen molar-refractivity contribution < 1.29 is 4.74 Å². The summed E-state index contributed by atoms with van der Waals surface area (Å²) in [5.41, 5.74) is 9.49. The van der Waals surface area contributed by atoms with Gasteiger partial charge in [-0.1, -0.05) is 0 Å². The highest BCUT2D eigenvalue weighted by Crippen LogP contribution is 2.28. The van der Waals surface area contributed by atoms with E-state index in [0.29, 0.717) is 23.1 Å². The molecular formula is C17H19N5O. The van der Waals surface area contributed by atoms with Crippen molar-refractivity contribution in [1.29, 1.82) is 5.26 Å². The predicted octanol–water partition coefficient (Wildman–Crippen LogP) is 2.50. The fraction of sp³-hybridized carbons (Fsp3) is 0.353. The monoisotopic (exact) mass is 309 g/mol. The van der Waals surface area contributed by atoms with Crippen molar-refractivity contribution in [1.82, 2.24) is 9.97 Å². The zero-order chi connectivity index (χ0) is 16.2. The lowest BCUT2D eigenvalue weighted by atomic mass is 10.0. The number of pyridine rings is 2. The number of aromatic nitrogens is 2. The average Bonchev–Trinajstić information content (AvgIpc) is 2.56. The number of anilines is 2. The van der Waals surface area contributed by atoms with Gasteiger partial charge in [0.1, 0.15) is 11.9 Å². The van der Waals surface area contributed by atoms with Gasteiger partial charge < -0.3 is 15.8 Å². The maximum Gasteiger partial charge on any atom is 0.144 e. The first kappa shape index (κ1) is 15.3. The molecule has 0 aromatic carbocycles. The lowest BCUT2D eigenvalue weighted by molar-refractivity contribution is 0.0904. The van der Waals surface area contributed by atoms with E-state index in [0.717, 1.165) is 42.9 Å². The van der Waals surface area contributed by atoms with Gasteiger partial charge in [-0.3, -0.25) is 4.98 Å². The fourth-order valence-corrected chi connectivity index (χ4v) is 2.73. The summed E-state index contributed by atoms with van der Waals surface area (Å²) in [6.07, 6.45) is 5.17. The molecule has 0 radical (unpaired) electrons. The zero-order valence-electron chi connectivity index (χ0n) is 13.0. The van der Waals surface area contributed by atoms with Gasteiger partial charge in [-0.25, -0.2) is 4.98 Å². The molecule has 0 saturated carbocycles. The molecular weight excluding hydrogens is 290 g/mol. The van der Waals surface area contributed by atoms with Crippen molar-refractivity contribution >= 4 is 11.5 Å². The highest BCUT2D eigenvalue weighted by molar-refractivity contribution is 5.72. The van der Waals surface area contributed by atoms with Gasteiger partial charge in [0, 0.05) is 48.5 Å². The minimum Gasteiger partial charge on any atom is -0.397 e. The van der Waals surface area contributed by atoms with E-state index in [9.17, 15) is 5.26 Å². The second kappa shape index (κ2) is 6.63. The second-order valence-corrected chi connectivity index (χ2v) is 5.67. The molecule has 1 aliphatic rings. The molecule has 1 aliphatic heterocycles. The highest BCUT2D eigenvalue weighted by atomic mass is 16.5. The number of hydrogen-bond acceptors (Lipinski definition) is 6. The molecule has 0 amide bonds. The molecule has 3 N–H and O–H groups in total. The van der Waals surface area contributed by atoms with Crippen LogP contribution >= 0.6 is 0 Å². The summed E-state index contributed by atoms with van der Waals surface area (Å²) in [5, 5.41) is 12.8. The number of ether oxygens (including phenoxy) is 1. The van der Waals surface area contributed by atoms with Gasteiger partial charge in [-0.15, -0.1) is 0 Å². The van der Waals surface area contributed by atoms with Crippen molar-refractivity contribution in [2.24, 2.45) is 0 Å². The standard InChI is InChI=1S/C17H19N5O/c1-11-16(13-6-14(19)10-20-9-13)7-12(8-18)17(21-11)22-15-2-4-23-5-3-15/h6-7,9-10,15H,2-5,19H2,1H3,(H,21,22). The molecule has 2 aromatic heterocycles. The Morgan fingerprint density at radius 3 is 2.78 bits per heavy atom. The van der Waals surface area contributed by atoms with E-state index < -0.39 is 0 Å². The second-order valence-electron chi connectivity index (χ2n) is 5.67. The molecule has 118 valence electrons. The lowest BCUT2D eigenvalue weighted by Crippen LogP contribution is -2.28. The average molecular weight is 309 g/mol. The number of nitrogens with two attached hydrogens (primary N) is 1. The SMILES string of the molecule is Cc1nc(NC2CCOCC2)c(C#N)cc1-c1cncc(N)c1. The molecule has 2 aromatic rings. The summed E-state index contributed by atoms with van der Waals surface area (Å²) >= 11 is 0. The quantitative estimate of drug-likeness (QED) is 0.904. The van der Waals surface area contributed by atoms with Gasteiger partial charge >= 0.3 is 0 Å². The van der Waals surface area contributed by atoms with Gasteiger partial charge in [0.05, 0.1) is 11.3 Å². The largest absolute Gasteiger partial charge is 0.397 e. The molecule has 6 heteroatoms. The van der Waals surface area contributed by atoms with Crippen molar-refractivity contribution in [3.8, 4) is 17.2 Å². The van der Waals surface area contributed by atoms with E-state index in [4.69, 9.17) is 10.5 Å². The summed E-state index contributed by atoms with van der Waals surface area (Å²) in [6, 6.07) is 6.21. The van der Waals surface area contributed by atoms with Gasteiger partial charge in [-0.2, -0.15) is 5.26 Å². The molecule has 0 spiro atoms. The number of nitriles is 1. The molecule has 3 heterocycles. The Hall–Kier alpha value is -2.65. The Morgan fingerprint density at radius 2 is 2.09 bits per heavy atom. The van der Waals surface area contributed by atoms with E-state index >= 15 is 0 Å². The Morgan fingerprint density at radius 1 is 1.30 bits per heavy atom. The van der Waals surface area contributed by atoms with Crippen LogP contribution in [0.1, 0.15) is 24.1 Å². The number of hydrogen-bond donors (Lipinski definition) is 2. The maximum absolute atomic E-state index is 9.47. The molecule has 1 saturated heterocycles. The Labute approximate surface area is 135 Å². The minimum atomic E-state index is 0.294. The van der Waals surface area contributed by atoms with Crippen LogP contribution in [0.2, 0.25) is 0 Å². The van der Waals surface area contributed by atoms with Gasteiger partial charge in [0.15, 0.2) is 0 Å². The van der Waals surface area contributed by atoms with Gasteiger partial charge in [0.25, 0.3) is 0 Å².